The molecule has 0 bridgehead atoms. The van der Waals surface area contributed by atoms with E-state index in [1.165, 1.54) is 104 Å². The predicted molar refractivity (Wildman–Crippen MR) is 494 cm³/mol. The SMILES string of the molecule is c1ccc(-c2cc(-c3ccccc3)nc(-c3nc4ccc5sc6ccccc6c5c4c4ccccc34)c2)cc1.c1ccc(-c2cc(-c3cccnc3)nc(-c3cc4ccc5sc6ccccc6c5c4c4ccccc34)n2)cc1.c1ccc(-c2nc(-c3ccccc3)nc(-c3cc4ccc5sc6ccccc6c5c4c4ccccc34)n2)cc1. The van der Waals surface area contributed by atoms with Gasteiger partial charge in [0.25, 0.3) is 0 Å². The van der Waals surface area contributed by atoms with Crippen molar-refractivity contribution in [1.82, 2.24) is 39.9 Å². The minimum atomic E-state index is 0.669. The molecule has 546 valence electrons. The van der Waals surface area contributed by atoms with E-state index >= 15 is 0 Å². The Balaban J connectivity index is 0.000000106. The van der Waals surface area contributed by atoms with Crippen molar-refractivity contribution in [2.24, 2.45) is 0 Å². The van der Waals surface area contributed by atoms with E-state index in [0.717, 1.165) is 100 Å². The van der Waals surface area contributed by atoms with Crippen LogP contribution < -0.4 is 0 Å². The van der Waals surface area contributed by atoms with Crippen LogP contribution in [0.1, 0.15) is 0 Å². The van der Waals surface area contributed by atoms with Crippen LogP contribution in [0.3, 0.4) is 0 Å². The van der Waals surface area contributed by atoms with E-state index in [1.54, 1.807) is 6.20 Å². The fourth-order valence-electron chi connectivity index (χ4n) is 16.8. The zero-order valence-corrected chi connectivity index (χ0v) is 65.2. The molecule has 0 saturated carbocycles. The van der Waals surface area contributed by atoms with Gasteiger partial charge in [0.15, 0.2) is 23.3 Å². The number of benzene rings is 16. The third kappa shape index (κ3) is 12.5. The molecule has 0 N–H and O–H groups in total. The van der Waals surface area contributed by atoms with Crippen LogP contribution in [0, 0.1) is 0 Å². The lowest BCUT2D eigenvalue weighted by atomic mass is 9.93. The van der Waals surface area contributed by atoms with Crippen LogP contribution in [-0.4, -0.2) is 39.9 Å². The number of aromatic nitrogens is 8. The van der Waals surface area contributed by atoms with Gasteiger partial charge in [-0.3, -0.25) is 4.98 Å². The fourth-order valence-corrected chi connectivity index (χ4v) is 20.1. The van der Waals surface area contributed by atoms with Crippen LogP contribution >= 0.6 is 34.0 Å². The average Bonchev–Trinajstić information content (AvgIpc) is 1.66. The first kappa shape index (κ1) is 69.0. The first-order valence-corrected chi connectivity index (χ1v) is 41.5. The Kier molecular flexibility index (Phi) is 17.3. The highest BCUT2D eigenvalue weighted by atomic mass is 32.1. The molecule has 0 aliphatic carbocycles. The van der Waals surface area contributed by atoms with Gasteiger partial charge >= 0.3 is 0 Å². The molecule has 0 atom stereocenters. The topological polar surface area (TPSA) is 103 Å². The molecule has 8 nitrogen and oxygen atoms in total. The van der Waals surface area contributed by atoms with Crippen molar-refractivity contribution in [2.75, 3.05) is 0 Å². The fraction of sp³-hybridized carbons (Fsp3) is 0. The van der Waals surface area contributed by atoms with Crippen LogP contribution in [0.2, 0.25) is 0 Å². The highest BCUT2D eigenvalue weighted by molar-refractivity contribution is 7.27. The summed E-state index contributed by atoms with van der Waals surface area (Å²) in [4.78, 5) is 40.1. The maximum absolute atomic E-state index is 5.32. The second kappa shape index (κ2) is 29.4. The molecule has 24 aromatic rings. The van der Waals surface area contributed by atoms with E-state index in [1.807, 2.05) is 137 Å². The van der Waals surface area contributed by atoms with Crippen molar-refractivity contribution in [3.63, 3.8) is 0 Å². The molecule has 0 saturated heterocycles. The van der Waals surface area contributed by atoms with Gasteiger partial charge in [-0.25, -0.2) is 34.9 Å². The number of hydrogen-bond donors (Lipinski definition) is 0. The van der Waals surface area contributed by atoms with Gasteiger partial charge in [-0.1, -0.05) is 291 Å². The van der Waals surface area contributed by atoms with Gasteiger partial charge in [-0.15, -0.1) is 34.0 Å². The van der Waals surface area contributed by atoms with Gasteiger partial charge in [0, 0.05) is 123 Å². The van der Waals surface area contributed by atoms with Crippen molar-refractivity contribution >= 4 is 159 Å². The maximum atomic E-state index is 5.32. The Labute approximate surface area is 684 Å². The van der Waals surface area contributed by atoms with E-state index in [4.69, 9.17) is 34.9 Å². The first-order valence-electron chi connectivity index (χ1n) is 39.0. The highest BCUT2D eigenvalue weighted by Crippen LogP contribution is 2.48. The van der Waals surface area contributed by atoms with E-state index in [0.29, 0.717) is 23.3 Å². The standard InChI is InChI=1S/C36H22N2S.2C35H21N3S/c1-3-11-23(12-4-1)25-21-30(24-13-5-2-6-14-24)37-31(22-25)36-27-16-8-7-15-26(27)34-29(38-36)19-20-33-35(34)28-17-9-10-18-32(28)39-33;1-3-11-22(12-4-1)33-36-34(23-13-5-2-6-14-23)38-35(37-33)28-21-24-19-20-30-32(27-17-9-10-18-29(27)39-30)31(24)26-16-8-7-15-25(26)28;1-2-9-22(10-3-1)29-20-30(24-11-8-18-36-21-24)38-35(37-29)28-19-23-16-17-32-34(27-14-6-7-15-31(27)39-32)33(23)26-13-5-4-12-25(26)28/h1-22H;2*1-21H. The summed E-state index contributed by atoms with van der Waals surface area (Å²) < 4.78 is 7.83. The summed E-state index contributed by atoms with van der Waals surface area (Å²) >= 11 is 5.55. The summed E-state index contributed by atoms with van der Waals surface area (Å²) in [5.41, 5.74) is 14.8. The molecule has 0 spiro atoms. The lowest BCUT2D eigenvalue weighted by molar-refractivity contribution is 1.08. The summed E-state index contributed by atoms with van der Waals surface area (Å²) in [7, 11) is 0. The summed E-state index contributed by atoms with van der Waals surface area (Å²) in [6.07, 6.45) is 3.65. The molecule has 0 amide bonds. The van der Waals surface area contributed by atoms with Crippen LogP contribution in [0.15, 0.2) is 389 Å². The first-order chi connectivity index (χ1) is 58.0. The summed E-state index contributed by atoms with van der Waals surface area (Å²) in [6.45, 7) is 0. The maximum Gasteiger partial charge on any atom is 0.164 e. The Morgan fingerprint density at radius 3 is 1.03 bits per heavy atom. The molecule has 0 fully saturated rings. The smallest absolute Gasteiger partial charge is 0.164 e. The van der Waals surface area contributed by atoms with Crippen molar-refractivity contribution in [1.29, 1.82) is 0 Å². The third-order valence-electron chi connectivity index (χ3n) is 22.1. The second-order valence-electron chi connectivity index (χ2n) is 29.1. The monoisotopic (exact) mass is 1540 g/mol. The van der Waals surface area contributed by atoms with Gasteiger partial charge in [0.2, 0.25) is 0 Å². The Morgan fingerprint density at radius 2 is 0.547 bits per heavy atom. The summed E-state index contributed by atoms with van der Waals surface area (Å²) in [5.74, 6) is 2.73. The Morgan fingerprint density at radius 1 is 0.188 bits per heavy atom. The Hall–Kier alpha value is -14.7. The quantitative estimate of drug-likeness (QED) is 0.132. The molecular weight excluding hydrogens is 1480 g/mol. The molecule has 0 unspecified atom stereocenters. The number of fused-ring (bicyclic) bond motifs is 21. The lowest BCUT2D eigenvalue weighted by Gasteiger charge is -2.14. The molecule has 8 heterocycles. The zero-order chi connectivity index (χ0) is 77.3. The average molecular weight is 1550 g/mol. The third-order valence-corrected chi connectivity index (χ3v) is 25.5. The molecule has 24 rings (SSSR count). The minimum absolute atomic E-state index is 0.669. The number of rotatable bonds is 9. The lowest BCUT2D eigenvalue weighted by Crippen LogP contribution is -2.00. The summed E-state index contributed by atoms with van der Waals surface area (Å²) in [6, 6.07) is 132. The molecule has 16 aromatic carbocycles. The minimum Gasteiger partial charge on any atom is -0.264 e. The van der Waals surface area contributed by atoms with Crippen molar-refractivity contribution in [2.45, 2.75) is 0 Å². The van der Waals surface area contributed by atoms with Crippen LogP contribution in [0.25, 0.3) is 227 Å². The van der Waals surface area contributed by atoms with E-state index < -0.39 is 0 Å². The number of pyridine rings is 3. The summed E-state index contributed by atoms with van der Waals surface area (Å²) in [5, 5.41) is 21.0. The molecule has 117 heavy (non-hydrogen) atoms. The van der Waals surface area contributed by atoms with Crippen molar-refractivity contribution in [3.05, 3.63) is 389 Å². The molecular formula is C106H64N8S3. The number of thiophene rings is 3. The van der Waals surface area contributed by atoms with Crippen LogP contribution in [0.5, 0.6) is 0 Å². The predicted octanol–water partition coefficient (Wildman–Crippen LogP) is 29.2. The molecule has 0 aliphatic rings. The Bertz CT molecular complexity index is 7070. The van der Waals surface area contributed by atoms with Crippen molar-refractivity contribution in [3.8, 4) is 102 Å². The van der Waals surface area contributed by atoms with E-state index in [-0.39, 0.29) is 0 Å². The number of hydrogen-bond acceptors (Lipinski definition) is 11. The molecule has 11 heteroatoms. The largest absolute Gasteiger partial charge is 0.264 e. The molecule has 8 aromatic heterocycles. The molecule has 0 radical (unpaired) electrons. The van der Waals surface area contributed by atoms with Gasteiger partial charge in [-0.05, 0) is 145 Å². The van der Waals surface area contributed by atoms with Gasteiger partial charge in [0.1, 0.15) is 0 Å². The van der Waals surface area contributed by atoms with Crippen molar-refractivity contribution < 1.29 is 0 Å². The van der Waals surface area contributed by atoms with E-state index in [2.05, 4.69) is 284 Å². The van der Waals surface area contributed by atoms with Crippen LogP contribution in [-0.2, 0) is 0 Å². The van der Waals surface area contributed by atoms with E-state index in [9.17, 15) is 0 Å². The normalized spacial score (nSPS) is 11.6. The zero-order valence-electron chi connectivity index (χ0n) is 62.8. The highest BCUT2D eigenvalue weighted by Gasteiger charge is 2.23. The second-order valence-corrected chi connectivity index (χ2v) is 32.4. The molecule has 0 aliphatic heterocycles. The van der Waals surface area contributed by atoms with Gasteiger partial charge in [-0.2, -0.15) is 0 Å². The van der Waals surface area contributed by atoms with Crippen LogP contribution in [0.4, 0.5) is 0 Å². The van der Waals surface area contributed by atoms with Gasteiger partial charge < -0.3 is 0 Å². The van der Waals surface area contributed by atoms with Gasteiger partial charge in [0.05, 0.1) is 34.0 Å². The number of nitrogens with zero attached hydrogens (tertiary/aromatic N) is 8.